The molecule has 0 saturated heterocycles. The Hall–Kier alpha value is -0.910. The number of hydrogen-bond acceptors (Lipinski definition) is 5. The highest BCUT2D eigenvalue weighted by molar-refractivity contribution is 5.94. The number of cyclic esters (lactones) is 1. The molecular formula is C25H38O5. The fourth-order valence-electron chi connectivity index (χ4n) is 9.56. The molecule has 9 unspecified atom stereocenters. The summed E-state index contributed by atoms with van der Waals surface area (Å²) in [7, 11) is 0. The lowest BCUT2D eigenvalue weighted by Crippen LogP contribution is -2.66. The zero-order valence-corrected chi connectivity index (χ0v) is 19.1. The summed E-state index contributed by atoms with van der Waals surface area (Å²) in [4.78, 5) is 12.7. The van der Waals surface area contributed by atoms with Crippen LogP contribution >= 0.6 is 0 Å². The standard InChI is InChI=1S/C25H38O5/c1-22(2)8-6-9-23(3)14(22)7-10-24(4)15(23)12-17(27)25(5)16(24)11-13(26)18-19(25)21(29)30-20(18)28/h13-17,20,26-28H,6-12H2,1-5H3. The molecule has 4 aliphatic carbocycles. The van der Waals surface area contributed by atoms with E-state index in [1.54, 1.807) is 0 Å². The average molecular weight is 419 g/mol. The van der Waals surface area contributed by atoms with Gasteiger partial charge in [-0.2, -0.15) is 0 Å². The van der Waals surface area contributed by atoms with Gasteiger partial charge in [0.2, 0.25) is 6.29 Å². The number of esters is 1. The van der Waals surface area contributed by atoms with Crippen molar-refractivity contribution >= 4 is 5.97 Å². The van der Waals surface area contributed by atoms with Crippen molar-refractivity contribution in [2.24, 2.45) is 39.4 Å². The molecule has 3 saturated carbocycles. The predicted octanol–water partition coefficient (Wildman–Crippen LogP) is 3.56. The van der Waals surface area contributed by atoms with Gasteiger partial charge >= 0.3 is 5.97 Å². The first-order chi connectivity index (χ1) is 13.9. The molecule has 3 N–H and O–H groups in total. The summed E-state index contributed by atoms with van der Waals surface area (Å²) in [6.45, 7) is 11.6. The topological polar surface area (TPSA) is 87.0 Å². The largest absolute Gasteiger partial charge is 0.428 e. The van der Waals surface area contributed by atoms with Gasteiger partial charge in [0.05, 0.1) is 17.8 Å². The maximum Gasteiger partial charge on any atom is 0.337 e. The van der Waals surface area contributed by atoms with Crippen molar-refractivity contribution in [3.63, 3.8) is 0 Å². The Balaban J connectivity index is 1.63. The maximum atomic E-state index is 12.7. The molecule has 5 nitrogen and oxygen atoms in total. The monoisotopic (exact) mass is 418 g/mol. The minimum Gasteiger partial charge on any atom is -0.428 e. The quantitative estimate of drug-likeness (QED) is 0.524. The van der Waals surface area contributed by atoms with Crippen molar-refractivity contribution < 1.29 is 24.9 Å². The van der Waals surface area contributed by atoms with Crippen LogP contribution in [0.4, 0.5) is 0 Å². The second kappa shape index (κ2) is 6.11. The van der Waals surface area contributed by atoms with E-state index >= 15 is 0 Å². The van der Waals surface area contributed by atoms with Gasteiger partial charge in [0, 0.05) is 11.0 Å². The van der Waals surface area contributed by atoms with E-state index in [2.05, 4.69) is 27.7 Å². The smallest absolute Gasteiger partial charge is 0.337 e. The van der Waals surface area contributed by atoms with E-state index in [0.29, 0.717) is 41.2 Å². The number of hydrogen-bond donors (Lipinski definition) is 3. The molecule has 0 radical (unpaired) electrons. The van der Waals surface area contributed by atoms with E-state index in [1.165, 1.54) is 19.3 Å². The third kappa shape index (κ3) is 2.32. The molecule has 0 bridgehead atoms. The van der Waals surface area contributed by atoms with Gasteiger partial charge in [-0.1, -0.05) is 41.0 Å². The summed E-state index contributed by atoms with van der Waals surface area (Å²) in [5.41, 5.74) is 0.246. The highest BCUT2D eigenvalue weighted by Crippen LogP contribution is 2.73. The van der Waals surface area contributed by atoms with E-state index in [9.17, 15) is 20.1 Å². The SMILES string of the molecule is CC1(C)CCCC2(C)C1CCC1(C)C2CC(O)C2(C)C3=C(C(O)CC12)C(O)OC3=O. The molecule has 0 aromatic rings. The van der Waals surface area contributed by atoms with Crippen molar-refractivity contribution in [1.82, 2.24) is 0 Å². The minimum atomic E-state index is -1.38. The van der Waals surface area contributed by atoms with E-state index in [4.69, 9.17) is 4.74 Å². The Kier molecular flexibility index (Phi) is 4.27. The third-order valence-corrected chi connectivity index (χ3v) is 10.8. The van der Waals surface area contributed by atoms with Gasteiger partial charge in [0.1, 0.15) is 0 Å². The fraction of sp³-hybridized carbons (Fsp3) is 0.880. The zero-order chi connectivity index (χ0) is 21.9. The molecule has 0 spiro atoms. The average Bonchev–Trinajstić information content (AvgIpc) is 2.95. The van der Waals surface area contributed by atoms with Gasteiger partial charge in [0.25, 0.3) is 0 Å². The highest BCUT2D eigenvalue weighted by atomic mass is 16.6. The lowest BCUT2D eigenvalue weighted by Gasteiger charge is -2.70. The van der Waals surface area contributed by atoms with Gasteiger partial charge in [-0.15, -0.1) is 0 Å². The summed E-state index contributed by atoms with van der Waals surface area (Å²) < 4.78 is 5.11. The molecule has 3 fully saturated rings. The molecule has 1 aliphatic heterocycles. The van der Waals surface area contributed by atoms with Crippen LogP contribution in [0.5, 0.6) is 0 Å². The highest BCUT2D eigenvalue weighted by Gasteiger charge is 2.70. The van der Waals surface area contributed by atoms with Crippen LogP contribution in [0.3, 0.4) is 0 Å². The Morgan fingerprint density at radius 1 is 0.867 bits per heavy atom. The molecule has 0 aromatic heterocycles. The van der Waals surface area contributed by atoms with Gasteiger partial charge < -0.3 is 20.1 Å². The van der Waals surface area contributed by atoms with Crippen LogP contribution in [0.15, 0.2) is 11.1 Å². The molecule has 9 atom stereocenters. The number of rotatable bonds is 0. The summed E-state index contributed by atoms with van der Waals surface area (Å²) in [5.74, 6) is 0.403. The normalized spacial score (nSPS) is 54.6. The fourth-order valence-corrected chi connectivity index (χ4v) is 9.56. The third-order valence-electron chi connectivity index (χ3n) is 10.8. The molecule has 168 valence electrons. The summed E-state index contributed by atoms with van der Waals surface area (Å²) in [5, 5.41) is 32.8. The lowest BCUT2D eigenvalue weighted by molar-refractivity contribution is -0.222. The van der Waals surface area contributed by atoms with E-state index in [1.807, 2.05) is 6.92 Å². The second-order valence-corrected chi connectivity index (χ2v) is 12.4. The van der Waals surface area contributed by atoms with Crippen LogP contribution in [-0.2, 0) is 9.53 Å². The molecule has 1 heterocycles. The van der Waals surface area contributed by atoms with Crippen molar-refractivity contribution in [1.29, 1.82) is 0 Å². The van der Waals surface area contributed by atoms with Crippen LogP contribution in [0, 0.1) is 39.4 Å². The van der Waals surface area contributed by atoms with Crippen LogP contribution in [0.25, 0.3) is 0 Å². The Bertz CT molecular complexity index is 816. The van der Waals surface area contributed by atoms with Gasteiger partial charge in [0.15, 0.2) is 0 Å². The summed E-state index contributed by atoms with van der Waals surface area (Å²) in [6, 6.07) is 0. The van der Waals surface area contributed by atoms with Crippen molar-refractivity contribution in [2.75, 3.05) is 0 Å². The van der Waals surface area contributed by atoms with E-state index in [0.717, 1.165) is 12.8 Å². The van der Waals surface area contributed by atoms with Crippen LogP contribution < -0.4 is 0 Å². The van der Waals surface area contributed by atoms with E-state index < -0.39 is 29.9 Å². The van der Waals surface area contributed by atoms with Crippen LogP contribution in [0.1, 0.15) is 79.6 Å². The molecule has 5 rings (SSSR count). The van der Waals surface area contributed by atoms with Crippen molar-refractivity contribution in [3.05, 3.63) is 11.1 Å². The van der Waals surface area contributed by atoms with Gasteiger partial charge in [-0.3, -0.25) is 0 Å². The number of aliphatic hydroxyl groups excluding tert-OH is 3. The Morgan fingerprint density at radius 2 is 1.53 bits per heavy atom. The molecule has 5 aliphatic rings. The van der Waals surface area contributed by atoms with Crippen LogP contribution in [-0.4, -0.2) is 39.8 Å². The first-order valence-electron chi connectivity index (χ1n) is 11.9. The number of fused-ring (bicyclic) bond motifs is 6. The maximum absolute atomic E-state index is 12.7. The summed E-state index contributed by atoms with van der Waals surface area (Å²) >= 11 is 0. The summed E-state index contributed by atoms with van der Waals surface area (Å²) in [6.07, 6.45) is 4.07. The van der Waals surface area contributed by atoms with E-state index in [-0.39, 0.29) is 16.7 Å². The number of carbonyl (C=O) groups is 1. The number of ether oxygens (including phenoxy) is 1. The van der Waals surface area contributed by atoms with Crippen molar-refractivity contribution in [2.45, 2.75) is 98.1 Å². The first kappa shape index (κ1) is 21.0. The number of carbonyl (C=O) groups excluding carboxylic acids is 1. The second-order valence-electron chi connectivity index (χ2n) is 12.4. The number of aliphatic hydroxyl groups is 3. The first-order valence-corrected chi connectivity index (χ1v) is 11.9. The molecule has 5 heteroatoms. The Labute approximate surface area is 179 Å². The lowest BCUT2D eigenvalue weighted by atomic mass is 9.35. The Morgan fingerprint density at radius 3 is 2.23 bits per heavy atom. The predicted molar refractivity (Wildman–Crippen MR) is 112 cm³/mol. The molecule has 30 heavy (non-hydrogen) atoms. The minimum absolute atomic E-state index is 0.0202. The van der Waals surface area contributed by atoms with Gasteiger partial charge in [-0.25, -0.2) is 4.79 Å². The molecule has 0 aromatic carbocycles. The zero-order valence-electron chi connectivity index (χ0n) is 19.1. The van der Waals surface area contributed by atoms with Crippen molar-refractivity contribution in [3.8, 4) is 0 Å². The van der Waals surface area contributed by atoms with Crippen LogP contribution in [0.2, 0.25) is 0 Å². The van der Waals surface area contributed by atoms with Gasteiger partial charge in [-0.05, 0) is 72.5 Å². The molecule has 0 amide bonds. The molecular weight excluding hydrogens is 380 g/mol.